The number of phenolic OH excluding ortho intramolecular Hbond substituents is 2. The number of fused-ring (bicyclic) bond motifs is 2. The topological polar surface area (TPSA) is 122 Å². The molecular weight excluding hydrogens is 403 g/mol. The van der Waals surface area contributed by atoms with Gasteiger partial charge in [-0.1, -0.05) is 54.6 Å². The largest absolute Gasteiger partial charge is 1.00 e. The summed E-state index contributed by atoms with van der Waals surface area (Å²) < 4.78 is 34.5. The van der Waals surface area contributed by atoms with Crippen molar-refractivity contribution >= 4 is 43.0 Å². The van der Waals surface area contributed by atoms with Gasteiger partial charge in [0.1, 0.15) is 27.2 Å². The first-order valence-electron chi connectivity index (χ1n) is 8.19. The molecule has 0 unspecified atom stereocenters. The summed E-state index contributed by atoms with van der Waals surface area (Å²) in [4.78, 5) is -0.534. The molecule has 0 saturated heterocycles. The van der Waals surface area contributed by atoms with E-state index in [1.807, 2.05) is 12.1 Å². The van der Waals surface area contributed by atoms with E-state index in [9.17, 15) is 23.2 Å². The minimum atomic E-state index is -4.79. The van der Waals surface area contributed by atoms with Gasteiger partial charge in [0.2, 0.25) is 0 Å². The second-order valence-electron chi connectivity index (χ2n) is 6.10. The van der Waals surface area contributed by atoms with Crippen LogP contribution in [-0.4, -0.2) is 23.2 Å². The summed E-state index contributed by atoms with van der Waals surface area (Å²) in [6.07, 6.45) is 0. The van der Waals surface area contributed by atoms with Gasteiger partial charge in [0, 0.05) is 22.2 Å². The van der Waals surface area contributed by atoms with Crippen LogP contribution in [-0.2, 0) is 10.1 Å². The molecule has 9 heteroatoms. The molecule has 0 bridgehead atoms. The number of nitrogens with zero attached hydrogens (tertiary/aromatic N) is 2. The second kappa shape index (κ2) is 8.10. The molecule has 0 saturated carbocycles. The summed E-state index contributed by atoms with van der Waals surface area (Å²) >= 11 is 0. The van der Waals surface area contributed by atoms with Crippen LogP contribution in [0.25, 0.3) is 21.5 Å². The molecule has 7 nitrogen and oxygen atoms in total. The number of hydrogen-bond donors (Lipinski definition) is 2. The van der Waals surface area contributed by atoms with Crippen LogP contribution in [0, 0.1) is 0 Å². The number of benzene rings is 4. The Labute approximate surface area is 188 Å². The molecule has 0 spiro atoms. The van der Waals surface area contributed by atoms with Gasteiger partial charge in [-0.2, -0.15) is 0 Å². The Morgan fingerprint density at radius 2 is 1.41 bits per heavy atom. The van der Waals surface area contributed by atoms with Crippen molar-refractivity contribution in [2.45, 2.75) is 4.90 Å². The molecule has 4 aromatic carbocycles. The van der Waals surface area contributed by atoms with Crippen molar-refractivity contribution in [3.8, 4) is 11.5 Å². The van der Waals surface area contributed by atoms with E-state index in [0.29, 0.717) is 5.39 Å². The second-order valence-corrected chi connectivity index (χ2v) is 7.44. The van der Waals surface area contributed by atoms with Crippen LogP contribution in [0.1, 0.15) is 0 Å². The van der Waals surface area contributed by atoms with Crippen LogP contribution >= 0.6 is 0 Å². The van der Waals surface area contributed by atoms with Gasteiger partial charge in [-0.05, 0) is 11.5 Å². The van der Waals surface area contributed by atoms with Crippen molar-refractivity contribution in [3.63, 3.8) is 0 Å². The predicted octanol–water partition coefficient (Wildman–Crippen LogP) is 1.73. The Morgan fingerprint density at radius 1 is 0.793 bits per heavy atom. The van der Waals surface area contributed by atoms with Gasteiger partial charge < -0.3 is 14.8 Å². The molecular formula is C20H13N2NaO5S. The quantitative estimate of drug-likeness (QED) is 0.299. The SMILES string of the molecule is O=S(=O)([O-])c1cc(O)c(/N=N/c2ccc3ccccc3c2O)c2ccccc12.[Na+]. The van der Waals surface area contributed by atoms with E-state index in [4.69, 9.17) is 0 Å². The van der Waals surface area contributed by atoms with Crippen molar-refractivity contribution in [3.05, 3.63) is 66.7 Å². The Hall–Kier alpha value is -2.49. The van der Waals surface area contributed by atoms with Crippen molar-refractivity contribution in [2.75, 3.05) is 0 Å². The predicted molar refractivity (Wildman–Crippen MR) is 103 cm³/mol. The van der Waals surface area contributed by atoms with Crippen molar-refractivity contribution in [1.29, 1.82) is 0 Å². The first-order valence-corrected chi connectivity index (χ1v) is 9.60. The van der Waals surface area contributed by atoms with E-state index in [0.717, 1.165) is 11.5 Å². The molecule has 0 heterocycles. The van der Waals surface area contributed by atoms with E-state index in [1.165, 1.54) is 12.1 Å². The fourth-order valence-corrected chi connectivity index (χ4v) is 3.76. The summed E-state index contributed by atoms with van der Waals surface area (Å²) in [6.45, 7) is 0. The average molecular weight is 416 g/mol. The number of aromatic hydroxyl groups is 2. The summed E-state index contributed by atoms with van der Waals surface area (Å²) in [6, 6.07) is 17.6. The number of hydrogen-bond acceptors (Lipinski definition) is 7. The van der Waals surface area contributed by atoms with Crippen molar-refractivity contribution in [1.82, 2.24) is 0 Å². The number of phenols is 2. The van der Waals surface area contributed by atoms with Gasteiger partial charge >= 0.3 is 29.6 Å². The third kappa shape index (κ3) is 3.98. The normalized spacial score (nSPS) is 11.8. The van der Waals surface area contributed by atoms with E-state index in [-0.39, 0.29) is 57.5 Å². The Bertz CT molecular complexity index is 1370. The van der Waals surface area contributed by atoms with Gasteiger partial charge in [0.25, 0.3) is 0 Å². The molecule has 29 heavy (non-hydrogen) atoms. The molecule has 0 aromatic heterocycles. The zero-order valence-electron chi connectivity index (χ0n) is 15.3. The minimum Gasteiger partial charge on any atom is -0.744 e. The average Bonchev–Trinajstić information content (AvgIpc) is 2.67. The maximum atomic E-state index is 11.5. The molecule has 0 aliphatic rings. The summed E-state index contributed by atoms with van der Waals surface area (Å²) in [5.41, 5.74) is 0.179. The Kier molecular flexibility index (Phi) is 5.92. The Morgan fingerprint density at radius 3 is 2.10 bits per heavy atom. The van der Waals surface area contributed by atoms with E-state index in [1.54, 1.807) is 36.4 Å². The molecule has 0 aliphatic carbocycles. The summed E-state index contributed by atoms with van der Waals surface area (Å²) in [5.74, 6) is -0.568. The molecule has 4 aromatic rings. The van der Waals surface area contributed by atoms with Crippen LogP contribution in [0.15, 0.2) is 81.9 Å². The third-order valence-electron chi connectivity index (χ3n) is 4.36. The Balaban J connectivity index is 0.00000240. The smallest absolute Gasteiger partial charge is 0.744 e. The third-order valence-corrected chi connectivity index (χ3v) is 5.24. The van der Waals surface area contributed by atoms with Gasteiger partial charge in [0.05, 0.1) is 4.90 Å². The van der Waals surface area contributed by atoms with E-state index < -0.39 is 20.8 Å². The first-order chi connectivity index (χ1) is 13.4. The van der Waals surface area contributed by atoms with Crippen LogP contribution in [0.5, 0.6) is 11.5 Å². The van der Waals surface area contributed by atoms with Gasteiger partial charge in [-0.15, -0.1) is 10.2 Å². The maximum Gasteiger partial charge on any atom is 1.00 e. The van der Waals surface area contributed by atoms with Crippen LogP contribution < -0.4 is 29.6 Å². The van der Waals surface area contributed by atoms with Crippen LogP contribution in [0.3, 0.4) is 0 Å². The molecule has 0 fully saturated rings. The summed E-state index contributed by atoms with van der Waals surface area (Å²) in [7, 11) is -4.79. The molecule has 0 amide bonds. The fourth-order valence-electron chi connectivity index (χ4n) is 3.05. The number of azo groups is 1. The van der Waals surface area contributed by atoms with Crippen molar-refractivity contribution < 1.29 is 52.7 Å². The molecule has 4 rings (SSSR count). The van der Waals surface area contributed by atoms with Crippen LogP contribution in [0.2, 0.25) is 0 Å². The van der Waals surface area contributed by atoms with Crippen molar-refractivity contribution in [2.24, 2.45) is 10.2 Å². The molecule has 0 radical (unpaired) electrons. The zero-order valence-corrected chi connectivity index (χ0v) is 18.1. The molecule has 0 atom stereocenters. The van der Waals surface area contributed by atoms with Crippen LogP contribution in [0.4, 0.5) is 11.4 Å². The zero-order chi connectivity index (χ0) is 19.9. The fraction of sp³-hybridized carbons (Fsp3) is 0. The maximum absolute atomic E-state index is 11.5. The minimum absolute atomic E-state index is 0. The van der Waals surface area contributed by atoms with E-state index >= 15 is 0 Å². The number of rotatable bonds is 3. The van der Waals surface area contributed by atoms with E-state index in [2.05, 4.69) is 10.2 Å². The van der Waals surface area contributed by atoms with Gasteiger partial charge in [0.15, 0.2) is 5.75 Å². The monoisotopic (exact) mass is 416 g/mol. The summed E-state index contributed by atoms with van der Waals surface area (Å²) in [5, 5.41) is 30.5. The van der Waals surface area contributed by atoms with Gasteiger partial charge in [-0.25, -0.2) is 8.42 Å². The molecule has 2 N–H and O–H groups in total. The molecule has 140 valence electrons. The molecule has 0 aliphatic heterocycles. The standard InChI is InChI=1S/C20H14N2O5S.Na/c23-17-11-18(28(25,26)27)14-7-3-4-8-15(14)19(17)22-21-16-10-9-12-5-1-2-6-13(12)20(16)24;/h1-11,23-24H,(H,25,26,27);/q;+1/p-1/b22-21+;. The van der Waals surface area contributed by atoms with Gasteiger partial charge in [-0.3, -0.25) is 0 Å². The first kappa shape index (κ1) is 21.2.